The van der Waals surface area contributed by atoms with E-state index in [4.69, 9.17) is 14.9 Å². The fraction of sp³-hybridized carbons (Fsp3) is 0.538. The molecule has 23 heavy (non-hydrogen) atoms. The first kappa shape index (κ1) is 15.6. The van der Waals surface area contributed by atoms with Gasteiger partial charge in [-0.05, 0) is 6.92 Å². The minimum atomic E-state index is -1.01. The summed E-state index contributed by atoms with van der Waals surface area (Å²) in [7, 11) is 0. The van der Waals surface area contributed by atoms with E-state index in [0.717, 1.165) is 0 Å². The number of carboxylic acid groups (broad SMARTS) is 1. The van der Waals surface area contributed by atoms with Crippen molar-refractivity contribution in [2.75, 3.05) is 11.9 Å². The number of aliphatic carboxylic acids is 1. The van der Waals surface area contributed by atoms with Gasteiger partial charge in [0.1, 0.15) is 24.7 Å². The van der Waals surface area contributed by atoms with Gasteiger partial charge in [0.15, 0.2) is 17.0 Å². The van der Waals surface area contributed by atoms with Gasteiger partial charge in [0.2, 0.25) is 0 Å². The van der Waals surface area contributed by atoms with E-state index in [1.165, 1.54) is 19.6 Å². The van der Waals surface area contributed by atoms with Crippen LogP contribution in [-0.2, 0) is 9.53 Å². The van der Waals surface area contributed by atoms with Gasteiger partial charge >= 0.3 is 5.97 Å². The van der Waals surface area contributed by atoms with Crippen LogP contribution in [0.25, 0.3) is 11.2 Å². The van der Waals surface area contributed by atoms with Crippen molar-refractivity contribution in [2.45, 2.75) is 37.8 Å². The number of rotatable bonds is 5. The average molecular weight is 323 g/mol. The second-order valence-corrected chi connectivity index (χ2v) is 5.37. The number of nitrogens with one attached hydrogen (secondary N) is 1. The first-order chi connectivity index (χ1) is 11.0. The van der Waals surface area contributed by atoms with Gasteiger partial charge in [-0.2, -0.15) is 0 Å². The van der Waals surface area contributed by atoms with Crippen molar-refractivity contribution in [1.29, 1.82) is 0 Å². The van der Waals surface area contributed by atoms with Crippen LogP contribution in [0.15, 0.2) is 12.7 Å². The van der Waals surface area contributed by atoms with Crippen molar-refractivity contribution in [1.82, 2.24) is 19.5 Å². The zero-order valence-corrected chi connectivity index (χ0v) is 12.3. The summed E-state index contributed by atoms with van der Waals surface area (Å²) < 4.78 is 7.21. The SMILES string of the molecule is CC(Nc1ncnc2c1ncn2[C@H]1CC(O)[C@@H](CO)O1)C(=O)O. The lowest BCUT2D eigenvalue weighted by molar-refractivity contribution is -0.137. The second kappa shape index (κ2) is 6.07. The number of fused-ring (bicyclic) bond motifs is 1. The standard InChI is InChI=1S/C13H17N5O5/c1-6(13(21)22)17-11-10-12(15-4-14-11)18(5-16-10)9-2-7(20)8(3-19)23-9/h4-9,19-20H,2-3H2,1H3,(H,21,22)(H,14,15,17)/t6?,7?,8-,9-/m1/s1. The van der Waals surface area contributed by atoms with E-state index in [9.17, 15) is 9.90 Å². The quantitative estimate of drug-likeness (QED) is 0.564. The molecule has 4 atom stereocenters. The van der Waals surface area contributed by atoms with Gasteiger partial charge in [-0.25, -0.2) is 15.0 Å². The second-order valence-electron chi connectivity index (χ2n) is 5.37. The molecule has 10 nitrogen and oxygen atoms in total. The fourth-order valence-electron chi connectivity index (χ4n) is 2.49. The molecule has 124 valence electrons. The third-order valence-electron chi connectivity index (χ3n) is 3.78. The van der Waals surface area contributed by atoms with Crippen LogP contribution < -0.4 is 5.32 Å². The minimum absolute atomic E-state index is 0.276. The molecule has 0 bridgehead atoms. The number of anilines is 1. The van der Waals surface area contributed by atoms with Crippen molar-refractivity contribution in [2.24, 2.45) is 0 Å². The Hall–Kier alpha value is -2.30. The van der Waals surface area contributed by atoms with Crippen LogP contribution in [0, 0.1) is 0 Å². The fourth-order valence-corrected chi connectivity index (χ4v) is 2.49. The zero-order valence-electron chi connectivity index (χ0n) is 12.3. The van der Waals surface area contributed by atoms with Gasteiger partial charge in [-0.15, -0.1) is 0 Å². The van der Waals surface area contributed by atoms with Crippen LogP contribution in [0.3, 0.4) is 0 Å². The summed E-state index contributed by atoms with van der Waals surface area (Å²) in [6.07, 6.45) is 1.17. The predicted octanol–water partition coefficient (Wildman–Crippen LogP) is -0.648. The third-order valence-corrected chi connectivity index (χ3v) is 3.78. The number of hydrogen-bond donors (Lipinski definition) is 4. The number of carbonyl (C=O) groups is 1. The smallest absolute Gasteiger partial charge is 0.325 e. The van der Waals surface area contributed by atoms with Gasteiger partial charge in [-0.1, -0.05) is 0 Å². The number of carboxylic acids is 1. The van der Waals surface area contributed by atoms with Crippen LogP contribution in [0.4, 0.5) is 5.82 Å². The van der Waals surface area contributed by atoms with Crippen molar-refractivity contribution in [3.63, 3.8) is 0 Å². The van der Waals surface area contributed by atoms with Crippen molar-refractivity contribution in [3.05, 3.63) is 12.7 Å². The lowest BCUT2D eigenvalue weighted by atomic mass is 10.2. The zero-order chi connectivity index (χ0) is 16.6. The summed E-state index contributed by atoms with van der Waals surface area (Å²) in [6.45, 7) is 1.22. The number of ether oxygens (including phenoxy) is 1. The molecule has 4 N–H and O–H groups in total. The summed E-state index contributed by atoms with van der Waals surface area (Å²) in [5, 5.41) is 30.7. The number of aromatic nitrogens is 4. The molecule has 2 unspecified atom stereocenters. The first-order valence-corrected chi connectivity index (χ1v) is 7.12. The summed E-state index contributed by atoms with van der Waals surface area (Å²) in [4.78, 5) is 23.3. The molecule has 2 aromatic heterocycles. The molecule has 1 aliphatic heterocycles. The molecule has 1 saturated heterocycles. The maximum absolute atomic E-state index is 11.0. The highest BCUT2D eigenvalue weighted by Crippen LogP contribution is 2.31. The molecular weight excluding hydrogens is 306 g/mol. The monoisotopic (exact) mass is 323 g/mol. The van der Waals surface area contributed by atoms with Crippen molar-refractivity contribution >= 4 is 23.0 Å². The maximum Gasteiger partial charge on any atom is 0.325 e. The summed E-state index contributed by atoms with van der Waals surface area (Å²) in [5.74, 6) is -0.704. The van der Waals surface area contributed by atoms with Crippen LogP contribution in [0.2, 0.25) is 0 Å². The normalized spacial score (nSPS) is 25.6. The van der Waals surface area contributed by atoms with E-state index in [1.807, 2.05) is 0 Å². The Balaban J connectivity index is 1.91. The highest BCUT2D eigenvalue weighted by atomic mass is 16.5. The molecule has 0 amide bonds. The van der Waals surface area contributed by atoms with Crippen LogP contribution in [-0.4, -0.2) is 65.7 Å². The van der Waals surface area contributed by atoms with E-state index < -0.39 is 30.4 Å². The lowest BCUT2D eigenvalue weighted by Gasteiger charge is -2.14. The number of nitrogens with zero attached hydrogens (tertiary/aromatic N) is 4. The van der Waals surface area contributed by atoms with Gasteiger partial charge in [0.05, 0.1) is 19.0 Å². The molecule has 1 aliphatic rings. The molecule has 1 fully saturated rings. The third kappa shape index (κ3) is 2.83. The molecule has 3 heterocycles. The first-order valence-electron chi connectivity index (χ1n) is 7.12. The van der Waals surface area contributed by atoms with E-state index in [-0.39, 0.29) is 6.61 Å². The number of hydrogen-bond acceptors (Lipinski definition) is 8. The molecule has 0 aromatic carbocycles. The maximum atomic E-state index is 11.0. The lowest BCUT2D eigenvalue weighted by Crippen LogP contribution is -2.26. The molecule has 0 aliphatic carbocycles. The molecule has 0 radical (unpaired) electrons. The minimum Gasteiger partial charge on any atom is -0.480 e. The topological polar surface area (TPSA) is 143 Å². The highest BCUT2D eigenvalue weighted by Gasteiger charge is 2.35. The van der Waals surface area contributed by atoms with E-state index in [2.05, 4.69) is 20.3 Å². The molecule has 3 rings (SSSR count). The van der Waals surface area contributed by atoms with Crippen LogP contribution >= 0.6 is 0 Å². The molecule has 0 saturated carbocycles. The average Bonchev–Trinajstić information content (AvgIpc) is 3.10. The van der Waals surface area contributed by atoms with Gasteiger partial charge in [0, 0.05) is 6.42 Å². The van der Waals surface area contributed by atoms with E-state index >= 15 is 0 Å². The molecular formula is C13H17N5O5. The summed E-state index contributed by atoms with van der Waals surface area (Å²) in [6, 6.07) is -0.832. The Kier molecular flexibility index (Phi) is 4.11. The summed E-state index contributed by atoms with van der Waals surface area (Å²) in [5.41, 5.74) is 0.863. The Morgan fingerprint density at radius 1 is 1.52 bits per heavy atom. The Labute approximate surface area is 130 Å². The molecule has 10 heteroatoms. The Bertz CT molecular complexity index is 720. The van der Waals surface area contributed by atoms with Crippen molar-refractivity contribution < 1.29 is 24.9 Å². The Morgan fingerprint density at radius 3 is 2.96 bits per heavy atom. The van der Waals surface area contributed by atoms with Gasteiger partial charge < -0.3 is 25.4 Å². The van der Waals surface area contributed by atoms with E-state index in [0.29, 0.717) is 23.4 Å². The Morgan fingerprint density at radius 2 is 2.30 bits per heavy atom. The van der Waals surface area contributed by atoms with E-state index in [1.54, 1.807) is 4.57 Å². The number of aliphatic hydroxyl groups excluding tert-OH is 2. The van der Waals surface area contributed by atoms with Crippen LogP contribution in [0.1, 0.15) is 19.6 Å². The number of aliphatic hydroxyl groups is 2. The van der Waals surface area contributed by atoms with Crippen LogP contribution in [0.5, 0.6) is 0 Å². The molecule has 2 aromatic rings. The van der Waals surface area contributed by atoms with Crippen molar-refractivity contribution in [3.8, 4) is 0 Å². The van der Waals surface area contributed by atoms with Gasteiger partial charge in [0.25, 0.3) is 0 Å². The highest BCUT2D eigenvalue weighted by molar-refractivity contribution is 5.85. The molecule has 0 spiro atoms. The largest absolute Gasteiger partial charge is 0.480 e. The number of imidazole rings is 1. The van der Waals surface area contributed by atoms with Gasteiger partial charge in [-0.3, -0.25) is 9.36 Å². The predicted molar refractivity (Wildman–Crippen MR) is 77.7 cm³/mol. The summed E-state index contributed by atoms with van der Waals surface area (Å²) >= 11 is 0.